The fraction of sp³-hybridized carbons (Fsp3) is 0.222. The molecule has 0 saturated heterocycles. The molecule has 0 aliphatic carbocycles. The van der Waals surface area contributed by atoms with Crippen molar-refractivity contribution in [2.45, 2.75) is 4.90 Å². The predicted octanol–water partition coefficient (Wildman–Crippen LogP) is 0.275. The van der Waals surface area contributed by atoms with Crippen LogP contribution < -0.4 is 10.5 Å². The number of hydrogen-bond donors (Lipinski definition) is 3. The summed E-state index contributed by atoms with van der Waals surface area (Å²) in [6.07, 6.45) is 0. The molecular formula is C9H11ClN2O4S. The number of sulfonamides is 1. The lowest BCUT2D eigenvalue weighted by atomic mass is 10.2. The lowest BCUT2D eigenvalue weighted by Gasteiger charge is -2.06. The van der Waals surface area contributed by atoms with Crippen molar-refractivity contribution in [3.05, 3.63) is 28.8 Å². The Morgan fingerprint density at radius 3 is 2.59 bits per heavy atom. The predicted molar refractivity (Wildman–Crippen MR) is 62.7 cm³/mol. The first kappa shape index (κ1) is 13.9. The van der Waals surface area contributed by atoms with Crippen molar-refractivity contribution in [1.82, 2.24) is 4.72 Å². The van der Waals surface area contributed by atoms with Crippen molar-refractivity contribution >= 4 is 27.6 Å². The van der Waals surface area contributed by atoms with Gasteiger partial charge in [-0.05, 0) is 18.2 Å². The summed E-state index contributed by atoms with van der Waals surface area (Å²) in [7, 11) is -3.69. The molecule has 0 bridgehead atoms. The molecule has 1 aromatic carbocycles. The molecule has 0 atom stereocenters. The third kappa shape index (κ3) is 3.40. The van der Waals surface area contributed by atoms with Gasteiger partial charge in [0.15, 0.2) is 0 Å². The Morgan fingerprint density at radius 2 is 2.12 bits per heavy atom. The van der Waals surface area contributed by atoms with Crippen LogP contribution in [0.1, 0.15) is 10.4 Å². The Balaban J connectivity index is 3.09. The molecule has 0 aromatic heterocycles. The number of hydrogen-bond acceptors (Lipinski definition) is 4. The fourth-order valence-electron chi connectivity index (χ4n) is 1.11. The highest BCUT2D eigenvalue weighted by Crippen LogP contribution is 2.20. The maximum Gasteiger partial charge on any atom is 0.337 e. The Hall–Kier alpha value is -1.15. The smallest absolute Gasteiger partial charge is 0.337 e. The Labute approximate surface area is 103 Å². The van der Waals surface area contributed by atoms with Gasteiger partial charge < -0.3 is 10.8 Å². The zero-order valence-corrected chi connectivity index (χ0v) is 10.3. The summed E-state index contributed by atoms with van der Waals surface area (Å²) in [5.41, 5.74) is 5.03. The molecule has 0 unspecified atom stereocenters. The molecule has 17 heavy (non-hydrogen) atoms. The SMILES string of the molecule is NCCNS(=O)(=O)c1ccc(C(=O)O)c(Cl)c1. The molecular weight excluding hydrogens is 268 g/mol. The Morgan fingerprint density at radius 1 is 1.47 bits per heavy atom. The lowest BCUT2D eigenvalue weighted by Crippen LogP contribution is -2.29. The molecule has 0 saturated carbocycles. The molecule has 0 fully saturated rings. The van der Waals surface area contributed by atoms with Gasteiger partial charge in [0, 0.05) is 13.1 Å². The third-order valence-corrected chi connectivity index (χ3v) is 3.69. The molecule has 4 N–H and O–H groups in total. The highest BCUT2D eigenvalue weighted by molar-refractivity contribution is 7.89. The number of benzene rings is 1. The van der Waals surface area contributed by atoms with Crippen LogP contribution in [-0.4, -0.2) is 32.6 Å². The molecule has 0 heterocycles. The number of carboxylic acids is 1. The van der Waals surface area contributed by atoms with E-state index in [9.17, 15) is 13.2 Å². The van der Waals surface area contributed by atoms with Gasteiger partial charge in [0.25, 0.3) is 0 Å². The van der Waals surface area contributed by atoms with Crippen LogP contribution in [0.2, 0.25) is 5.02 Å². The highest BCUT2D eigenvalue weighted by atomic mass is 35.5. The first-order chi connectivity index (χ1) is 7.88. The van der Waals surface area contributed by atoms with Gasteiger partial charge in [-0.15, -0.1) is 0 Å². The second-order valence-electron chi connectivity index (χ2n) is 3.13. The summed E-state index contributed by atoms with van der Waals surface area (Å²) in [4.78, 5) is 10.6. The molecule has 0 amide bonds. The van der Waals surface area contributed by atoms with Crippen molar-refractivity contribution < 1.29 is 18.3 Å². The monoisotopic (exact) mass is 278 g/mol. The highest BCUT2D eigenvalue weighted by Gasteiger charge is 2.16. The zero-order valence-electron chi connectivity index (χ0n) is 8.68. The van der Waals surface area contributed by atoms with E-state index in [0.29, 0.717) is 0 Å². The Bertz CT molecular complexity index is 530. The minimum absolute atomic E-state index is 0.0963. The number of carboxylic acid groups (broad SMARTS) is 1. The van der Waals surface area contributed by atoms with Crippen LogP contribution in [0.25, 0.3) is 0 Å². The summed E-state index contributed by atoms with van der Waals surface area (Å²) < 4.78 is 25.5. The van der Waals surface area contributed by atoms with Crippen molar-refractivity contribution in [3.63, 3.8) is 0 Å². The summed E-state index contributed by atoms with van der Waals surface area (Å²) in [5.74, 6) is -1.21. The van der Waals surface area contributed by atoms with E-state index in [2.05, 4.69) is 4.72 Å². The second-order valence-corrected chi connectivity index (χ2v) is 5.31. The van der Waals surface area contributed by atoms with Crippen LogP contribution in [-0.2, 0) is 10.0 Å². The van der Waals surface area contributed by atoms with Crippen LogP contribution in [0.3, 0.4) is 0 Å². The minimum Gasteiger partial charge on any atom is -0.478 e. The van der Waals surface area contributed by atoms with Crippen molar-refractivity contribution in [2.24, 2.45) is 5.73 Å². The van der Waals surface area contributed by atoms with Crippen molar-refractivity contribution in [3.8, 4) is 0 Å². The quantitative estimate of drug-likeness (QED) is 0.716. The van der Waals surface area contributed by atoms with E-state index in [-0.39, 0.29) is 28.6 Å². The van der Waals surface area contributed by atoms with Crippen LogP contribution >= 0.6 is 11.6 Å². The van der Waals surface area contributed by atoms with Crippen molar-refractivity contribution in [2.75, 3.05) is 13.1 Å². The van der Waals surface area contributed by atoms with Gasteiger partial charge in [-0.25, -0.2) is 17.9 Å². The van der Waals surface area contributed by atoms with E-state index in [4.69, 9.17) is 22.4 Å². The number of aromatic carboxylic acids is 1. The second kappa shape index (κ2) is 5.46. The summed E-state index contributed by atoms with van der Waals surface area (Å²) in [6, 6.07) is 3.40. The molecule has 6 nitrogen and oxygen atoms in total. The minimum atomic E-state index is -3.69. The summed E-state index contributed by atoms with van der Waals surface area (Å²) in [5, 5.41) is 8.60. The maximum atomic E-state index is 11.7. The van der Waals surface area contributed by atoms with E-state index in [0.717, 1.165) is 12.1 Å². The van der Waals surface area contributed by atoms with Crippen LogP contribution in [0, 0.1) is 0 Å². The molecule has 0 radical (unpaired) electrons. The first-order valence-corrected chi connectivity index (χ1v) is 6.47. The molecule has 0 spiro atoms. The topological polar surface area (TPSA) is 109 Å². The lowest BCUT2D eigenvalue weighted by molar-refractivity contribution is 0.0697. The van der Waals surface area contributed by atoms with Gasteiger partial charge in [0.1, 0.15) is 0 Å². The molecule has 0 aliphatic rings. The van der Waals surface area contributed by atoms with Crippen LogP contribution in [0.5, 0.6) is 0 Å². The van der Waals surface area contributed by atoms with Crippen molar-refractivity contribution in [1.29, 1.82) is 0 Å². The molecule has 0 aliphatic heterocycles. The maximum absolute atomic E-state index is 11.7. The van der Waals surface area contributed by atoms with E-state index >= 15 is 0 Å². The number of halogens is 1. The average molecular weight is 279 g/mol. The van der Waals surface area contributed by atoms with E-state index in [1.165, 1.54) is 6.07 Å². The largest absolute Gasteiger partial charge is 0.478 e. The average Bonchev–Trinajstić information content (AvgIpc) is 2.25. The summed E-state index contributed by atoms with van der Waals surface area (Å²) in [6.45, 7) is 0.265. The van der Waals surface area contributed by atoms with Gasteiger partial charge in [-0.2, -0.15) is 0 Å². The molecule has 1 aromatic rings. The Kier molecular flexibility index (Phi) is 4.47. The molecule has 94 valence electrons. The standard InChI is InChI=1S/C9H11ClN2O4S/c10-8-5-6(1-2-7(8)9(13)14)17(15,16)12-4-3-11/h1-2,5,12H,3-4,11H2,(H,13,14). The zero-order chi connectivity index (χ0) is 13.1. The fourth-order valence-corrected chi connectivity index (χ4v) is 2.51. The van der Waals surface area contributed by atoms with Gasteiger partial charge in [0.05, 0.1) is 15.5 Å². The third-order valence-electron chi connectivity index (χ3n) is 1.92. The van der Waals surface area contributed by atoms with E-state index in [1.54, 1.807) is 0 Å². The van der Waals surface area contributed by atoms with Crippen LogP contribution in [0.15, 0.2) is 23.1 Å². The molecule has 8 heteroatoms. The first-order valence-electron chi connectivity index (χ1n) is 4.61. The normalized spacial score (nSPS) is 11.4. The van der Waals surface area contributed by atoms with E-state index in [1.807, 2.05) is 0 Å². The summed E-state index contributed by atoms with van der Waals surface area (Å²) >= 11 is 5.67. The number of nitrogens with two attached hydrogens (primary N) is 1. The van der Waals surface area contributed by atoms with Gasteiger partial charge in [0.2, 0.25) is 10.0 Å². The number of carbonyl (C=O) groups is 1. The number of rotatable bonds is 5. The number of nitrogens with one attached hydrogen (secondary N) is 1. The van der Waals surface area contributed by atoms with E-state index < -0.39 is 16.0 Å². The van der Waals surface area contributed by atoms with Gasteiger partial charge in [-0.1, -0.05) is 11.6 Å². The molecule has 1 rings (SSSR count). The van der Waals surface area contributed by atoms with Gasteiger partial charge in [-0.3, -0.25) is 0 Å². The van der Waals surface area contributed by atoms with Gasteiger partial charge >= 0.3 is 5.97 Å². The van der Waals surface area contributed by atoms with Crippen LogP contribution in [0.4, 0.5) is 0 Å².